The van der Waals surface area contributed by atoms with Gasteiger partial charge in [-0.1, -0.05) is 42.5 Å². The summed E-state index contributed by atoms with van der Waals surface area (Å²) in [5.74, 6) is -3.39. The fourth-order valence-electron chi connectivity index (χ4n) is 4.65. The molecular weight excluding hydrogens is 374 g/mol. The number of ether oxygens (including phenoxy) is 1. The second kappa shape index (κ2) is 5.24. The Balaban J connectivity index is 2.02. The number of hydrogen-bond donors (Lipinski definition) is 2. The molecule has 2 atom stereocenters. The van der Waals surface area contributed by atoms with Gasteiger partial charge in [0.1, 0.15) is 11.4 Å². The Kier molecular flexibility index (Phi) is 3.15. The molecule has 2 unspecified atom stereocenters. The molecule has 0 spiro atoms. The molecule has 3 N–H and O–H groups in total. The lowest BCUT2D eigenvalue weighted by Crippen LogP contribution is -2.58. The van der Waals surface area contributed by atoms with Crippen molar-refractivity contribution in [3.05, 3.63) is 87.1 Å². The zero-order valence-corrected chi connectivity index (χ0v) is 15.7. The van der Waals surface area contributed by atoms with Crippen molar-refractivity contribution in [1.82, 2.24) is 9.13 Å². The minimum absolute atomic E-state index is 0.155. The molecule has 8 nitrogen and oxygen atoms in total. The van der Waals surface area contributed by atoms with E-state index in [4.69, 9.17) is 10.5 Å². The summed E-state index contributed by atoms with van der Waals surface area (Å²) >= 11 is 0. The van der Waals surface area contributed by atoms with Gasteiger partial charge < -0.3 is 15.6 Å². The summed E-state index contributed by atoms with van der Waals surface area (Å²) in [6.45, 7) is 1.56. The predicted molar refractivity (Wildman–Crippen MR) is 102 cm³/mol. The quantitative estimate of drug-likeness (QED) is 0.669. The van der Waals surface area contributed by atoms with Crippen molar-refractivity contribution in [3.63, 3.8) is 0 Å². The van der Waals surface area contributed by atoms with Crippen LogP contribution < -0.4 is 16.2 Å². The van der Waals surface area contributed by atoms with Crippen LogP contribution in [-0.2, 0) is 18.4 Å². The molecule has 1 aliphatic carbocycles. The van der Waals surface area contributed by atoms with E-state index in [2.05, 4.69) is 0 Å². The molecule has 1 amide bonds. The van der Waals surface area contributed by atoms with Gasteiger partial charge in [0.2, 0.25) is 11.3 Å². The number of carbonyl (C=O) groups is 2. The Morgan fingerprint density at radius 1 is 1.07 bits per heavy atom. The van der Waals surface area contributed by atoms with Gasteiger partial charge >= 0.3 is 5.69 Å². The Bertz CT molecular complexity index is 1300. The highest BCUT2D eigenvalue weighted by molar-refractivity contribution is 6.11. The van der Waals surface area contributed by atoms with Gasteiger partial charge in [0.25, 0.3) is 11.7 Å². The number of carbonyl (C=O) groups excluding carboxylic acids is 2. The van der Waals surface area contributed by atoms with Gasteiger partial charge in [0.05, 0.1) is 0 Å². The summed E-state index contributed by atoms with van der Waals surface area (Å²) in [5.41, 5.74) is 3.81. The van der Waals surface area contributed by atoms with E-state index in [1.165, 1.54) is 11.6 Å². The number of benzene rings is 2. The molecule has 1 aromatic heterocycles. The molecule has 3 aromatic rings. The number of aliphatic hydroxyl groups is 1. The van der Waals surface area contributed by atoms with Gasteiger partial charge in [-0.05, 0) is 13.0 Å². The van der Waals surface area contributed by atoms with Crippen LogP contribution in [0.3, 0.4) is 0 Å². The van der Waals surface area contributed by atoms with E-state index < -0.39 is 28.7 Å². The number of fused-ring (bicyclic) bond motifs is 5. The first-order valence-corrected chi connectivity index (χ1v) is 9.00. The van der Waals surface area contributed by atoms with Gasteiger partial charge in [0.15, 0.2) is 0 Å². The Hall–Kier alpha value is -3.65. The number of rotatable bonds is 2. The van der Waals surface area contributed by atoms with E-state index in [1.54, 1.807) is 55.5 Å². The summed E-state index contributed by atoms with van der Waals surface area (Å²) in [6, 6.07) is 13.1. The molecule has 2 aromatic carbocycles. The largest absolute Gasteiger partial charge is 0.454 e. The number of para-hydroxylation sites is 1. The van der Waals surface area contributed by atoms with Crippen LogP contribution in [0.15, 0.2) is 53.3 Å². The number of Topliss-reactive ketones (excluding diaryl/α,β-unsaturated/α-hetero) is 1. The van der Waals surface area contributed by atoms with Crippen LogP contribution in [0.25, 0.3) is 0 Å². The van der Waals surface area contributed by atoms with E-state index in [0.717, 1.165) is 4.57 Å². The fourth-order valence-corrected chi connectivity index (χ4v) is 4.65. The van der Waals surface area contributed by atoms with Crippen LogP contribution in [0.2, 0.25) is 0 Å². The molecule has 29 heavy (non-hydrogen) atoms. The highest BCUT2D eigenvalue weighted by Gasteiger charge is 2.73. The molecule has 1 aliphatic heterocycles. The second-order valence-corrected chi connectivity index (χ2v) is 7.30. The van der Waals surface area contributed by atoms with Gasteiger partial charge in [-0.25, -0.2) is 4.79 Å². The summed E-state index contributed by atoms with van der Waals surface area (Å²) in [4.78, 5) is 39.5. The van der Waals surface area contributed by atoms with Crippen molar-refractivity contribution < 1.29 is 19.4 Å². The summed E-state index contributed by atoms with van der Waals surface area (Å²) < 4.78 is 8.15. The van der Waals surface area contributed by atoms with Crippen LogP contribution in [0.4, 0.5) is 0 Å². The number of amides is 1. The number of imidazole rings is 1. The highest BCUT2D eigenvalue weighted by Crippen LogP contribution is 2.59. The summed E-state index contributed by atoms with van der Waals surface area (Å²) in [7, 11) is 1.48. The number of primary amides is 1. The Labute approximate surface area is 164 Å². The maximum Gasteiger partial charge on any atom is 0.330 e. The molecule has 0 radical (unpaired) electrons. The minimum atomic E-state index is -2.22. The van der Waals surface area contributed by atoms with E-state index in [1.807, 2.05) is 0 Å². The second-order valence-electron chi connectivity index (χ2n) is 7.30. The number of nitrogens with zero attached hydrogens (tertiary/aromatic N) is 2. The lowest BCUT2D eigenvalue weighted by Gasteiger charge is -2.35. The van der Waals surface area contributed by atoms with Crippen molar-refractivity contribution in [2.45, 2.75) is 18.2 Å². The standard InChI is InChI=1S/C21H17N3O5/c1-11-16(18(22)26)24(19(27)23(11)2)20-14-9-5-6-10-15(14)29-21(20,28)13-8-4-3-7-12(13)17(20)25/h3-10,28H,1-2H3,(H2,22,26). The van der Waals surface area contributed by atoms with Crippen LogP contribution in [-0.4, -0.2) is 25.9 Å². The molecule has 8 heteroatoms. The van der Waals surface area contributed by atoms with Crippen molar-refractivity contribution in [2.24, 2.45) is 12.8 Å². The normalized spacial score (nSPS) is 24.0. The first-order valence-electron chi connectivity index (χ1n) is 9.00. The molecule has 0 saturated carbocycles. The Morgan fingerprint density at radius 2 is 1.69 bits per heavy atom. The Morgan fingerprint density at radius 3 is 2.38 bits per heavy atom. The van der Waals surface area contributed by atoms with Crippen LogP contribution in [0.1, 0.15) is 37.7 Å². The maximum atomic E-state index is 13.9. The number of nitrogens with two attached hydrogens (primary N) is 1. The monoisotopic (exact) mass is 391 g/mol. The average Bonchev–Trinajstić information content (AvgIpc) is 3.18. The van der Waals surface area contributed by atoms with Gasteiger partial charge in [0, 0.05) is 29.4 Å². The SMILES string of the molecule is Cc1c(C(N)=O)n(C23C(=O)c4ccccc4C2(O)Oc2ccccc23)c(=O)n1C. The van der Waals surface area contributed by atoms with E-state index >= 15 is 0 Å². The van der Waals surface area contributed by atoms with E-state index in [9.17, 15) is 19.5 Å². The molecule has 0 bridgehead atoms. The predicted octanol–water partition coefficient (Wildman–Crippen LogP) is 0.772. The smallest absolute Gasteiger partial charge is 0.330 e. The third-order valence-electron chi connectivity index (χ3n) is 6.01. The first kappa shape index (κ1) is 17.4. The zero-order valence-electron chi connectivity index (χ0n) is 15.7. The minimum Gasteiger partial charge on any atom is -0.454 e. The molecule has 0 saturated heterocycles. The molecule has 146 valence electrons. The molecule has 2 aliphatic rings. The van der Waals surface area contributed by atoms with E-state index in [0.29, 0.717) is 5.56 Å². The lowest BCUT2D eigenvalue weighted by atomic mass is 9.82. The zero-order chi connectivity index (χ0) is 20.7. The molecule has 5 rings (SSSR count). The number of aromatic nitrogens is 2. The van der Waals surface area contributed by atoms with Crippen LogP contribution in [0, 0.1) is 6.92 Å². The number of ketones is 1. The third-order valence-corrected chi connectivity index (χ3v) is 6.01. The van der Waals surface area contributed by atoms with Crippen LogP contribution >= 0.6 is 0 Å². The molecular formula is C21H17N3O5. The topological polar surface area (TPSA) is 117 Å². The van der Waals surface area contributed by atoms with Crippen molar-refractivity contribution in [3.8, 4) is 5.75 Å². The third kappa shape index (κ3) is 1.71. The summed E-state index contributed by atoms with van der Waals surface area (Å²) in [5, 5.41) is 11.8. The van der Waals surface area contributed by atoms with E-state index in [-0.39, 0.29) is 28.3 Å². The van der Waals surface area contributed by atoms with Crippen molar-refractivity contribution in [2.75, 3.05) is 0 Å². The molecule has 2 heterocycles. The fraction of sp³-hybridized carbons (Fsp3) is 0.190. The maximum absolute atomic E-state index is 13.9. The average molecular weight is 391 g/mol. The van der Waals surface area contributed by atoms with Crippen LogP contribution in [0.5, 0.6) is 5.75 Å². The highest BCUT2D eigenvalue weighted by atomic mass is 16.6. The lowest BCUT2D eigenvalue weighted by molar-refractivity contribution is -0.171. The molecule has 0 fully saturated rings. The summed E-state index contributed by atoms with van der Waals surface area (Å²) in [6.07, 6.45) is 0. The van der Waals surface area contributed by atoms with Crippen molar-refractivity contribution >= 4 is 11.7 Å². The van der Waals surface area contributed by atoms with Gasteiger partial charge in [-0.15, -0.1) is 0 Å². The first-order chi connectivity index (χ1) is 13.8. The van der Waals surface area contributed by atoms with Gasteiger partial charge in [-0.2, -0.15) is 0 Å². The number of hydrogen-bond acceptors (Lipinski definition) is 5. The van der Waals surface area contributed by atoms with Crippen molar-refractivity contribution in [1.29, 1.82) is 0 Å². The van der Waals surface area contributed by atoms with Gasteiger partial charge in [-0.3, -0.25) is 18.7 Å².